The molecule has 2 heteroatoms. The van der Waals surface area contributed by atoms with Gasteiger partial charge in [0.25, 0.3) is 0 Å². The first-order chi connectivity index (χ1) is 9.88. The average Bonchev–Trinajstić information content (AvgIpc) is 2.74. The van der Waals surface area contributed by atoms with Crippen LogP contribution in [0.5, 0.6) is 0 Å². The maximum atomic E-state index is 10.7. The highest BCUT2D eigenvalue weighted by atomic mass is 32.1. The minimum absolute atomic E-state index is 0.146. The Morgan fingerprint density at radius 3 is 2.48 bits per heavy atom. The number of rotatable bonds is 4. The highest BCUT2D eigenvalue weighted by molar-refractivity contribution is 7.09. The third-order valence-electron chi connectivity index (χ3n) is 6.43. The van der Waals surface area contributed by atoms with Crippen LogP contribution in [0.25, 0.3) is 0 Å². The van der Waals surface area contributed by atoms with Gasteiger partial charge in [0.15, 0.2) is 0 Å². The lowest BCUT2D eigenvalue weighted by atomic mass is 9.39. The Balaban J connectivity index is 1.51. The molecular formula is C19H28OS. The topological polar surface area (TPSA) is 20.2 Å². The molecule has 21 heavy (non-hydrogen) atoms. The van der Waals surface area contributed by atoms with Gasteiger partial charge in [0.05, 0.1) is 6.10 Å². The van der Waals surface area contributed by atoms with Gasteiger partial charge in [-0.3, -0.25) is 0 Å². The Morgan fingerprint density at radius 1 is 1.19 bits per heavy atom. The van der Waals surface area contributed by atoms with E-state index < -0.39 is 0 Å². The summed E-state index contributed by atoms with van der Waals surface area (Å²) in [6, 6.07) is 4.26. The van der Waals surface area contributed by atoms with Gasteiger partial charge in [0.2, 0.25) is 0 Å². The van der Waals surface area contributed by atoms with Crippen LogP contribution in [0, 0.1) is 22.2 Å². The molecule has 4 bridgehead atoms. The summed E-state index contributed by atoms with van der Waals surface area (Å²) in [5.41, 5.74) is 1.58. The van der Waals surface area contributed by atoms with E-state index in [0.29, 0.717) is 16.2 Å². The van der Waals surface area contributed by atoms with E-state index in [0.717, 1.165) is 18.8 Å². The summed E-state index contributed by atoms with van der Waals surface area (Å²) < 4.78 is 0. The maximum Gasteiger partial charge on any atom is 0.0593 e. The number of thiophene rings is 1. The molecule has 4 fully saturated rings. The van der Waals surface area contributed by atoms with Crippen molar-refractivity contribution in [1.82, 2.24) is 0 Å². The smallest absolute Gasteiger partial charge is 0.0593 e. The zero-order valence-electron chi connectivity index (χ0n) is 13.4. The molecule has 0 radical (unpaired) electrons. The number of hydrogen-bond donors (Lipinski definition) is 1. The lowest BCUT2D eigenvalue weighted by molar-refractivity contribution is -0.156. The number of hydrogen-bond acceptors (Lipinski definition) is 2. The lowest BCUT2D eigenvalue weighted by Gasteiger charge is -2.66. The Labute approximate surface area is 132 Å². The Hall–Kier alpha value is -0.340. The third-order valence-corrected chi connectivity index (χ3v) is 7.33. The average molecular weight is 304 g/mol. The van der Waals surface area contributed by atoms with Crippen LogP contribution >= 0.6 is 11.3 Å². The molecule has 1 heterocycles. The van der Waals surface area contributed by atoms with Crippen molar-refractivity contribution in [3.8, 4) is 0 Å². The fraction of sp³-hybridized carbons (Fsp3) is 0.789. The molecule has 4 aliphatic carbocycles. The zero-order chi connectivity index (χ0) is 14.7. The van der Waals surface area contributed by atoms with Gasteiger partial charge in [0, 0.05) is 11.3 Å². The monoisotopic (exact) mass is 304 g/mol. The first kappa shape index (κ1) is 14.3. The van der Waals surface area contributed by atoms with Crippen LogP contribution in [0.2, 0.25) is 0 Å². The van der Waals surface area contributed by atoms with Gasteiger partial charge in [-0.1, -0.05) is 19.9 Å². The summed E-state index contributed by atoms with van der Waals surface area (Å²) >= 11 is 1.78. The van der Waals surface area contributed by atoms with Gasteiger partial charge in [0.1, 0.15) is 0 Å². The molecular weight excluding hydrogens is 276 g/mol. The quantitative estimate of drug-likeness (QED) is 0.826. The van der Waals surface area contributed by atoms with E-state index in [4.69, 9.17) is 0 Å². The molecule has 0 aliphatic heterocycles. The Bertz CT molecular complexity index is 502. The molecule has 0 saturated heterocycles. The molecule has 116 valence electrons. The maximum absolute atomic E-state index is 10.7. The predicted octanol–water partition coefficient (Wildman–Crippen LogP) is 5.04. The van der Waals surface area contributed by atoms with E-state index in [1.54, 1.807) is 11.3 Å². The SMILES string of the molecule is CC12CC3CC(C)(C1)CC(CC(O)Cc1cccs1)(C3)C2. The summed E-state index contributed by atoms with van der Waals surface area (Å²) in [5.74, 6) is 0.935. The Kier molecular flexibility index (Phi) is 3.11. The van der Waals surface area contributed by atoms with E-state index in [1.807, 2.05) is 0 Å². The van der Waals surface area contributed by atoms with Crippen LogP contribution in [-0.4, -0.2) is 11.2 Å². The summed E-state index contributed by atoms with van der Waals surface area (Å²) in [7, 11) is 0. The van der Waals surface area contributed by atoms with Crippen LogP contribution in [0.15, 0.2) is 17.5 Å². The van der Waals surface area contributed by atoms with Crippen molar-refractivity contribution in [3.63, 3.8) is 0 Å². The molecule has 4 saturated carbocycles. The van der Waals surface area contributed by atoms with Crippen molar-refractivity contribution >= 4 is 11.3 Å². The largest absolute Gasteiger partial charge is 0.393 e. The molecule has 0 amide bonds. The molecule has 3 unspecified atom stereocenters. The zero-order valence-corrected chi connectivity index (χ0v) is 14.2. The molecule has 1 aromatic rings. The minimum Gasteiger partial charge on any atom is -0.393 e. The van der Waals surface area contributed by atoms with Crippen molar-refractivity contribution in [3.05, 3.63) is 22.4 Å². The van der Waals surface area contributed by atoms with Crippen molar-refractivity contribution in [2.24, 2.45) is 22.2 Å². The second-order valence-electron chi connectivity index (χ2n) is 9.27. The number of aliphatic hydroxyl groups is 1. The van der Waals surface area contributed by atoms with E-state index in [-0.39, 0.29) is 6.10 Å². The first-order valence-corrected chi connectivity index (χ1v) is 9.46. The van der Waals surface area contributed by atoms with E-state index in [9.17, 15) is 5.11 Å². The van der Waals surface area contributed by atoms with Gasteiger partial charge in [-0.2, -0.15) is 0 Å². The first-order valence-electron chi connectivity index (χ1n) is 8.58. The van der Waals surface area contributed by atoms with Crippen molar-refractivity contribution in [1.29, 1.82) is 0 Å². The normalized spacial score (nSPS) is 46.0. The molecule has 1 nitrogen and oxygen atoms in total. The fourth-order valence-electron chi connectivity index (χ4n) is 7.14. The number of aliphatic hydroxyl groups excluding tert-OH is 1. The predicted molar refractivity (Wildman–Crippen MR) is 88.5 cm³/mol. The molecule has 3 atom stereocenters. The summed E-state index contributed by atoms with van der Waals surface area (Å²) in [4.78, 5) is 1.34. The Morgan fingerprint density at radius 2 is 1.90 bits per heavy atom. The summed E-state index contributed by atoms with van der Waals surface area (Å²) in [5, 5.41) is 12.8. The van der Waals surface area contributed by atoms with E-state index in [2.05, 4.69) is 31.4 Å². The van der Waals surface area contributed by atoms with Gasteiger partial charge in [-0.25, -0.2) is 0 Å². The molecule has 0 spiro atoms. The van der Waals surface area contributed by atoms with Crippen LogP contribution in [-0.2, 0) is 6.42 Å². The fourth-order valence-corrected chi connectivity index (χ4v) is 7.92. The molecule has 1 N–H and O–H groups in total. The molecule has 1 aromatic heterocycles. The summed E-state index contributed by atoms with van der Waals surface area (Å²) in [6.45, 7) is 5.05. The van der Waals surface area contributed by atoms with Gasteiger partial charge in [-0.05, 0) is 78.6 Å². The minimum atomic E-state index is -0.146. The van der Waals surface area contributed by atoms with Gasteiger partial charge < -0.3 is 5.11 Å². The second kappa shape index (κ2) is 4.58. The van der Waals surface area contributed by atoms with E-state index in [1.165, 1.54) is 43.4 Å². The highest BCUT2D eigenvalue weighted by Gasteiger charge is 2.60. The van der Waals surface area contributed by atoms with Crippen LogP contribution in [0.4, 0.5) is 0 Å². The molecule has 4 aliphatic rings. The van der Waals surface area contributed by atoms with Crippen molar-refractivity contribution in [2.45, 2.75) is 71.3 Å². The van der Waals surface area contributed by atoms with Crippen molar-refractivity contribution in [2.75, 3.05) is 0 Å². The molecule has 0 aromatic carbocycles. The lowest BCUT2D eigenvalue weighted by Crippen LogP contribution is -2.55. The molecule has 5 rings (SSSR count). The van der Waals surface area contributed by atoms with Gasteiger partial charge >= 0.3 is 0 Å². The van der Waals surface area contributed by atoms with Crippen LogP contribution in [0.3, 0.4) is 0 Å². The van der Waals surface area contributed by atoms with Crippen LogP contribution < -0.4 is 0 Å². The standard InChI is InChI=1S/C19H28OS/c1-17-7-14-8-18(2,11-17)13-19(9-14,12-17)10-15(20)6-16-4-3-5-21-16/h3-5,14-15,20H,6-13H2,1-2H3. The highest BCUT2D eigenvalue weighted by Crippen LogP contribution is 2.70. The summed E-state index contributed by atoms with van der Waals surface area (Å²) in [6.07, 6.45) is 10.2. The van der Waals surface area contributed by atoms with Crippen molar-refractivity contribution < 1.29 is 5.11 Å². The second-order valence-corrected chi connectivity index (χ2v) is 10.3. The third kappa shape index (κ3) is 2.59. The van der Waals surface area contributed by atoms with Crippen LogP contribution in [0.1, 0.15) is 63.7 Å². The van der Waals surface area contributed by atoms with Gasteiger partial charge in [-0.15, -0.1) is 11.3 Å². The van der Waals surface area contributed by atoms with E-state index >= 15 is 0 Å².